The lowest BCUT2D eigenvalue weighted by atomic mass is 9.81. The van der Waals surface area contributed by atoms with E-state index in [-0.39, 0.29) is 17.6 Å². The van der Waals surface area contributed by atoms with Crippen molar-refractivity contribution in [2.24, 2.45) is 7.05 Å². The van der Waals surface area contributed by atoms with Crippen LogP contribution in [-0.4, -0.2) is 20.8 Å². The van der Waals surface area contributed by atoms with Crippen LogP contribution in [0.25, 0.3) is 0 Å². The highest BCUT2D eigenvalue weighted by Crippen LogP contribution is 2.41. The van der Waals surface area contributed by atoms with Crippen LogP contribution in [0.5, 0.6) is 0 Å². The second-order valence-electron chi connectivity index (χ2n) is 5.88. The number of nitrogens with zero attached hydrogens (tertiary/aromatic N) is 3. The van der Waals surface area contributed by atoms with E-state index in [1.807, 2.05) is 18.2 Å². The van der Waals surface area contributed by atoms with Crippen LogP contribution in [-0.2, 0) is 7.05 Å². The minimum atomic E-state index is -0.515. The number of carbonyl (C=O) groups excluding carboxylic acids is 1. The van der Waals surface area contributed by atoms with E-state index in [9.17, 15) is 9.18 Å². The molecule has 0 saturated carbocycles. The predicted molar refractivity (Wildman–Crippen MR) is 87.3 cm³/mol. The molecule has 0 aliphatic carbocycles. The fourth-order valence-corrected chi connectivity index (χ4v) is 3.15. The molecule has 0 radical (unpaired) electrons. The Balaban J connectivity index is 1.85. The molecule has 120 valence electrons. The maximum absolute atomic E-state index is 13.3. The quantitative estimate of drug-likeness (QED) is 0.787. The van der Waals surface area contributed by atoms with Crippen molar-refractivity contribution in [1.29, 1.82) is 0 Å². The number of aromatic nitrogens is 3. The lowest BCUT2D eigenvalue weighted by Gasteiger charge is -2.32. The summed E-state index contributed by atoms with van der Waals surface area (Å²) >= 11 is 0. The van der Waals surface area contributed by atoms with E-state index in [2.05, 4.69) is 15.6 Å². The summed E-state index contributed by atoms with van der Waals surface area (Å²) in [5, 5.41) is 11.5. The molecular weight excluding hydrogens is 307 g/mol. The minimum Gasteiger partial charge on any atom is -0.376 e. The molecule has 4 rings (SSSR count). The van der Waals surface area contributed by atoms with E-state index in [0.29, 0.717) is 11.3 Å². The van der Waals surface area contributed by atoms with Crippen LogP contribution in [0.1, 0.15) is 33.6 Å². The monoisotopic (exact) mass is 322 g/mol. The first-order valence-corrected chi connectivity index (χ1v) is 7.65. The molecule has 1 N–H and O–H groups in total. The molecule has 6 heteroatoms. The molecule has 0 spiro atoms. The summed E-state index contributed by atoms with van der Waals surface area (Å²) in [5.41, 5.74) is 2.83. The van der Waals surface area contributed by atoms with Crippen molar-refractivity contribution in [3.8, 4) is 0 Å². The van der Waals surface area contributed by atoms with Crippen molar-refractivity contribution in [3.05, 3.63) is 77.4 Å². The van der Waals surface area contributed by atoms with Crippen LogP contribution in [0.2, 0.25) is 0 Å². The Labute approximate surface area is 138 Å². The predicted octanol–water partition coefficient (Wildman–Crippen LogP) is 3.09. The van der Waals surface area contributed by atoms with Gasteiger partial charge in [-0.1, -0.05) is 29.5 Å². The molecule has 1 aliphatic rings. The highest BCUT2D eigenvalue weighted by molar-refractivity contribution is 6.07. The Kier molecular flexibility index (Phi) is 3.37. The van der Waals surface area contributed by atoms with Crippen molar-refractivity contribution in [2.45, 2.75) is 12.0 Å². The summed E-state index contributed by atoms with van der Waals surface area (Å²) < 4.78 is 14.9. The number of fused-ring (bicyclic) bond motifs is 1. The molecule has 0 saturated heterocycles. The van der Waals surface area contributed by atoms with Gasteiger partial charge in [-0.3, -0.25) is 9.48 Å². The molecule has 1 aliphatic heterocycles. The van der Waals surface area contributed by atoms with Gasteiger partial charge in [-0.25, -0.2) is 4.39 Å². The van der Waals surface area contributed by atoms with E-state index >= 15 is 0 Å². The minimum absolute atomic E-state index is 0.0147. The smallest absolute Gasteiger partial charge is 0.176 e. The number of halogens is 1. The normalized spacial score (nSPS) is 19.7. The van der Waals surface area contributed by atoms with Crippen molar-refractivity contribution in [2.75, 3.05) is 5.32 Å². The Bertz CT molecular complexity index is 903. The fourth-order valence-electron chi connectivity index (χ4n) is 3.15. The third kappa shape index (κ3) is 2.36. The SMILES string of the molecule is Cn1cc(C2C(=O)c3ccccc3NC2c2ccc(F)cc2)nn1. The van der Waals surface area contributed by atoms with E-state index in [4.69, 9.17) is 0 Å². The number of Topliss-reactive ketones (excluding diaryl/α,β-unsaturated/α-hetero) is 1. The first-order chi connectivity index (χ1) is 11.6. The summed E-state index contributed by atoms with van der Waals surface area (Å²) in [5.74, 6) is -0.837. The van der Waals surface area contributed by atoms with Crippen molar-refractivity contribution in [3.63, 3.8) is 0 Å². The first-order valence-electron chi connectivity index (χ1n) is 7.65. The second kappa shape index (κ2) is 5.56. The Hall–Kier alpha value is -3.02. The summed E-state index contributed by atoms with van der Waals surface area (Å²) in [6.07, 6.45) is 1.74. The summed E-state index contributed by atoms with van der Waals surface area (Å²) in [4.78, 5) is 13.1. The summed E-state index contributed by atoms with van der Waals surface area (Å²) in [6.45, 7) is 0. The number of nitrogens with one attached hydrogen (secondary N) is 1. The van der Waals surface area contributed by atoms with Gasteiger partial charge < -0.3 is 5.32 Å². The maximum atomic E-state index is 13.3. The Morgan fingerprint density at radius 3 is 2.58 bits per heavy atom. The van der Waals surface area contributed by atoms with Gasteiger partial charge in [-0.2, -0.15) is 0 Å². The van der Waals surface area contributed by atoms with Crippen LogP contribution in [0.4, 0.5) is 10.1 Å². The number of rotatable bonds is 2. The van der Waals surface area contributed by atoms with Gasteiger partial charge in [0.15, 0.2) is 5.78 Å². The number of hydrogen-bond acceptors (Lipinski definition) is 4. The Morgan fingerprint density at radius 2 is 1.88 bits per heavy atom. The lowest BCUT2D eigenvalue weighted by Crippen LogP contribution is -2.32. The molecule has 5 nitrogen and oxygen atoms in total. The zero-order valence-electron chi connectivity index (χ0n) is 13.0. The van der Waals surface area contributed by atoms with Gasteiger partial charge in [0.25, 0.3) is 0 Å². The topological polar surface area (TPSA) is 59.8 Å². The van der Waals surface area contributed by atoms with Gasteiger partial charge in [0.2, 0.25) is 0 Å². The van der Waals surface area contributed by atoms with Gasteiger partial charge in [0.05, 0.1) is 17.7 Å². The van der Waals surface area contributed by atoms with Crippen LogP contribution < -0.4 is 5.32 Å². The van der Waals surface area contributed by atoms with Crippen LogP contribution in [0, 0.1) is 5.82 Å². The molecule has 2 aromatic carbocycles. The molecule has 0 bridgehead atoms. The number of hydrogen-bond donors (Lipinski definition) is 1. The molecule has 24 heavy (non-hydrogen) atoms. The van der Waals surface area contributed by atoms with Crippen molar-refractivity contribution >= 4 is 11.5 Å². The molecule has 3 aromatic rings. The van der Waals surface area contributed by atoms with E-state index in [1.165, 1.54) is 12.1 Å². The van der Waals surface area contributed by atoms with Crippen molar-refractivity contribution < 1.29 is 9.18 Å². The van der Waals surface area contributed by atoms with Crippen LogP contribution in [0.15, 0.2) is 54.7 Å². The number of aryl methyl sites for hydroxylation is 1. The average molecular weight is 322 g/mol. The summed E-state index contributed by atoms with van der Waals surface area (Å²) in [7, 11) is 1.76. The van der Waals surface area contributed by atoms with Crippen LogP contribution in [0.3, 0.4) is 0 Å². The number of ketones is 1. The van der Waals surface area contributed by atoms with Gasteiger partial charge >= 0.3 is 0 Å². The molecule has 2 unspecified atom stereocenters. The lowest BCUT2D eigenvalue weighted by molar-refractivity contribution is 0.0943. The largest absolute Gasteiger partial charge is 0.376 e. The Morgan fingerprint density at radius 1 is 1.12 bits per heavy atom. The average Bonchev–Trinajstić information content (AvgIpc) is 3.01. The van der Waals surface area contributed by atoms with E-state index in [0.717, 1.165) is 11.3 Å². The van der Waals surface area contributed by atoms with Crippen LogP contribution >= 0.6 is 0 Å². The van der Waals surface area contributed by atoms with E-state index in [1.54, 1.807) is 36.1 Å². The van der Waals surface area contributed by atoms with E-state index < -0.39 is 5.92 Å². The van der Waals surface area contributed by atoms with Gasteiger partial charge in [0.1, 0.15) is 5.82 Å². The highest BCUT2D eigenvalue weighted by atomic mass is 19.1. The molecule has 1 aromatic heterocycles. The molecule has 0 fully saturated rings. The third-order valence-corrected chi connectivity index (χ3v) is 4.29. The number of para-hydroxylation sites is 1. The standard InChI is InChI=1S/C18H15FN4O/c1-23-10-15(21-22-23)16-17(11-6-8-12(19)9-7-11)20-14-5-3-2-4-13(14)18(16)24/h2-10,16-17,20H,1H3. The zero-order chi connectivity index (χ0) is 16.7. The third-order valence-electron chi connectivity index (χ3n) is 4.29. The fraction of sp³-hybridized carbons (Fsp3) is 0.167. The van der Waals surface area contributed by atoms with Crippen molar-refractivity contribution in [1.82, 2.24) is 15.0 Å². The molecule has 0 amide bonds. The number of carbonyl (C=O) groups is 1. The molecule has 2 heterocycles. The first kappa shape index (κ1) is 14.6. The second-order valence-corrected chi connectivity index (χ2v) is 5.88. The van der Waals surface area contributed by atoms with Gasteiger partial charge in [0, 0.05) is 24.5 Å². The maximum Gasteiger partial charge on any atom is 0.176 e. The zero-order valence-corrected chi connectivity index (χ0v) is 13.0. The number of benzene rings is 2. The number of anilines is 1. The highest BCUT2D eigenvalue weighted by Gasteiger charge is 2.38. The molecule has 2 atom stereocenters. The van der Waals surface area contributed by atoms with Gasteiger partial charge in [-0.05, 0) is 29.8 Å². The summed E-state index contributed by atoms with van der Waals surface area (Å²) in [6, 6.07) is 13.2. The van der Waals surface area contributed by atoms with Gasteiger partial charge in [-0.15, -0.1) is 5.10 Å². The molecular formula is C18H15FN4O.